The van der Waals surface area contributed by atoms with Crippen LogP contribution in [-0.4, -0.2) is 55.1 Å². The number of piperazine rings is 1. The van der Waals surface area contributed by atoms with Crippen LogP contribution < -0.4 is 10.2 Å². The maximum atomic E-state index is 12.0. The molecule has 1 amide bonds. The number of carbonyl (C=O) groups is 1. The number of amides is 1. The van der Waals surface area contributed by atoms with Gasteiger partial charge in [0.15, 0.2) is 0 Å². The summed E-state index contributed by atoms with van der Waals surface area (Å²) in [6.07, 6.45) is 2.59. The highest BCUT2D eigenvalue weighted by Gasteiger charge is 2.18. The molecule has 0 spiro atoms. The summed E-state index contributed by atoms with van der Waals surface area (Å²) in [6.45, 7) is 5.86. The van der Waals surface area contributed by atoms with Crippen LogP contribution >= 0.6 is 12.4 Å². The van der Waals surface area contributed by atoms with Crippen LogP contribution in [0.25, 0.3) is 10.8 Å². The highest BCUT2D eigenvalue weighted by molar-refractivity contribution is 5.94. The maximum Gasteiger partial charge on any atom is 0.269 e. The number of fused-ring (bicyclic) bond motifs is 1. The third-order valence-corrected chi connectivity index (χ3v) is 5.31. The van der Waals surface area contributed by atoms with Crippen molar-refractivity contribution in [2.45, 2.75) is 6.42 Å². The van der Waals surface area contributed by atoms with Crippen molar-refractivity contribution in [2.24, 2.45) is 0 Å². The molecule has 29 heavy (non-hydrogen) atoms. The smallest absolute Gasteiger partial charge is 0.269 e. The lowest BCUT2D eigenvalue weighted by Crippen LogP contribution is -2.47. The Labute approximate surface area is 178 Å². The first-order chi connectivity index (χ1) is 13.8. The third kappa shape index (κ3) is 5.25. The normalized spacial score (nSPS) is 14.4. The van der Waals surface area contributed by atoms with Crippen molar-refractivity contribution in [3.05, 3.63) is 72.6 Å². The molecule has 0 atom stereocenters. The molecule has 1 N–H and O–H groups in total. The van der Waals surface area contributed by atoms with Crippen LogP contribution in [0.5, 0.6) is 0 Å². The van der Waals surface area contributed by atoms with Gasteiger partial charge in [-0.2, -0.15) is 0 Å². The lowest BCUT2D eigenvalue weighted by molar-refractivity contribution is 0.0946. The number of hydrogen-bond donors (Lipinski definition) is 1. The van der Waals surface area contributed by atoms with E-state index in [1.54, 1.807) is 12.3 Å². The van der Waals surface area contributed by atoms with E-state index >= 15 is 0 Å². The fourth-order valence-corrected chi connectivity index (χ4v) is 3.79. The molecule has 2 heterocycles. The van der Waals surface area contributed by atoms with Crippen LogP contribution in [0, 0.1) is 0 Å². The number of pyridine rings is 1. The standard InChI is InChI=1S/C23H26N4O.ClH/c28-23(21-10-3-4-12-24-21)25-13-6-14-26-15-17-27(18-16-26)22-11-5-8-19-7-1-2-9-20(19)22;/h1-5,7-12H,6,13-18H2,(H,25,28);1H. The Kier molecular flexibility index (Phi) is 7.44. The first kappa shape index (κ1) is 21.1. The van der Waals surface area contributed by atoms with E-state index < -0.39 is 0 Å². The number of anilines is 1. The fourth-order valence-electron chi connectivity index (χ4n) is 3.79. The van der Waals surface area contributed by atoms with Gasteiger partial charge in [0.1, 0.15) is 5.69 Å². The van der Waals surface area contributed by atoms with Crippen molar-refractivity contribution in [3.8, 4) is 0 Å². The van der Waals surface area contributed by atoms with Gasteiger partial charge in [-0.15, -0.1) is 12.4 Å². The maximum absolute atomic E-state index is 12.0. The van der Waals surface area contributed by atoms with Crippen LogP contribution in [0.15, 0.2) is 66.9 Å². The molecule has 1 saturated heterocycles. The van der Waals surface area contributed by atoms with E-state index in [1.165, 1.54) is 16.5 Å². The number of nitrogens with one attached hydrogen (secondary N) is 1. The molecule has 152 valence electrons. The molecule has 0 aliphatic carbocycles. The Morgan fingerprint density at radius 3 is 2.48 bits per heavy atom. The van der Waals surface area contributed by atoms with Gasteiger partial charge in [0.25, 0.3) is 5.91 Å². The number of carbonyl (C=O) groups excluding carboxylic acids is 1. The van der Waals surface area contributed by atoms with Crippen LogP contribution in [-0.2, 0) is 0 Å². The predicted octanol–water partition coefficient (Wildman–Crippen LogP) is 3.60. The summed E-state index contributed by atoms with van der Waals surface area (Å²) >= 11 is 0. The second-order valence-corrected chi connectivity index (χ2v) is 7.15. The molecule has 3 aromatic rings. The highest BCUT2D eigenvalue weighted by atomic mass is 35.5. The molecule has 1 aliphatic heterocycles. The largest absolute Gasteiger partial charge is 0.368 e. The van der Waals surface area contributed by atoms with Gasteiger partial charge in [0.05, 0.1) is 0 Å². The van der Waals surface area contributed by atoms with Crippen molar-refractivity contribution in [1.82, 2.24) is 15.2 Å². The van der Waals surface area contributed by atoms with Crippen molar-refractivity contribution in [3.63, 3.8) is 0 Å². The first-order valence-electron chi connectivity index (χ1n) is 9.95. The number of rotatable bonds is 6. The molecule has 0 unspecified atom stereocenters. The summed E-state index contributed by atoms with van der Waals surface area (Å²) in [4.78, 5) is 21.1. The van der Waals surface area contributed by atoms with Crippen molar-refractivity contribution < 1.29 is 4.79 Å². The zero-order chi connectivity index (χ0) is 19.2. The Balaban J connectivity index is 0.00000240. The van der Waals surface area contributed by atoms with E-state index in [0.717, 1.165) is 39.1 Å². The lowest BCUT2D eigenvalue weighted by Gasteiger charge is -2.36. The van der Waals surface area contributed by atoms with Crippen molar-refractivity contribution >= 4 is 34.8 Å². The van der Waals surface area contributed by atoms with Gasteiger partial charge in [0, 0.05) is 50.0 Å². The summed E-state index contributed by atoms with van der Waals surface area (Å²) in [5.41, 5.74) is 1.81. The molecule has 1 fully saturated rings. The summed E-state index contributed by atoms with van der Waals surface area (Å²) in [6, 6.07) is 20.5. The van der Waals surface area contributed by atoms with Gasteiger partial charge in [-0.1, -0.05) is 42.5 Å². The Hall–Kier alpha value is -2.63. The topological polar surface area (TPSA) is 48.5 Å². The Morgan fingerprint density at radius 2 is 1.69 bits per heavy atom. The second-order valence-electron chi connectivity index (χ2n) is 7.15. The number of benzene rings is 2. The minimum Gasteiger partial charge on any atom is -0.368 e. The van der Waals surface area contributed by atoms with Gasteiger partial charge < -0.3 is 10.2 Å². The zero-order valence-corrected chi connectivity index (χ0v) is 17.3. The van der Waals surface area contributed by atoms with Gasteiger partial charge in [-0.05, 0) is 36.6 Å². The summed E-state index contributed by atoms with van der Waals surface area (Å²) in [7, 11) is 0. The van der Waals surface area contributed by atoms with E-state index in [4.69, 9.17) is 0 Å². The van der Waals surface area contributed by atoms with Gasteiger partial charge in [0.2, 0.25) is 0 Å². The van der Waals surface area contributed by atoms with E-state index in [0.29, 0.717) is 12.2 Å². The van der Waals surface area contributed by atoms with Crippen LogP contribution in [0.3, 0.4) is 0 Å². The molecule has 0 saturated carbocycles. The average molecular weight is 411 g/mol. The molecule has 2 aromatic carbocycles. The average Bonchev–Trinajstić information content (AvgIpc) is 2.77. The van der Waals surface area contributed by atoms with E-state index in [9.17, 15) is 4.79 Å². The zero-order valence-electron chi connectivity index (χ0n) is 16.5. The predicted molar refractivity (Wildman–Crippen MR) is 121 cm³/mol. The van der Waals surface area contributed by atoms with Crippen LogP contribution in [0.4, 0.5) is 5.69 Å². The molecule has 1 aromatic heterocycles. The summed E-state index contributed by atoms with van der Waals surface area (Å²) < 4.78 is 0. The van der Waals surface area contributed by atoms with Crippen molar-refractivity contribution in [2.75, 3.05) is 44.2 Å². The van der Waals surface area contributed by atoms with Crippen LogP contribution in [0.1, 0.15) is 16.9 Å². The van der Waals surface area contributed by atoms with Gasteiger partial charge >= 0.3 is 0 Å². The second kappa shape index (κ2) is 10.2. The van der Waals surface area contributed by atoms with E-state index in [2.05, 4.69) is 62.6 Å². The number of aromatic nitrogens is 1. The number of hydrogen-bond acceptors (Lipinski definition) is 4. The van der Waals surface area contributed by atoms with Crippen molar-refractivity contribution in [1.29, 1.82) is 0 Å². The lowest BCUT2D eigenvalue weighted by atomic mass is 10.1. The number of halogens is 1. The Bertz CT molecular complexity index is 921. The fraction of sp³-hybridized carbons (Fsp3) is 0.304. The molecule has 4 rings (SSSR count). The first-order valence-corrected chi connectivity index (χ1v) is 9.95. The van der Waals surface area contributed by atoms with E-state index in [-0.39, 0.29) is 18.3 Å². The quantitative estimate of drug-likeness (QED) is 0.631. The van der Waals surface area contributed by atoms with Gasteiger partial charge in [-0.3, -0.25) is 14.7 Å². The summed E-state index contributed by atoms with van der Waals surface area (Å²) in [5.74, 6) is -0.0959. The SMILES string of the molecule is Cl.O=C(NCCCN1CCN(c2cccc3ccccc23)CC1)c1ccccn1. The molecule has 5 nitrogen and oxygen atoms in total. The monoisotopic (exact) mass is 410 g/mol. The highest BCUT2D eigenvalue weighted by Crippen LogP contribution is 2.27. The molecular weight excluding hydrogens is 384 g/mol. The molecule has 6 heteroatoms. The number of nitrogens with zero attached hydrogens (tertiary/aromatic N) is 3. The van der Waals surface area contributed by atoms with Crippen LogP contribution in [0.2, 0.25) is 0 Å². The molecule has 0 radical (unpaired) electrons. The molecule has 0 bridgehead atoms. The van der Waals surface area contributed by atoms with Gasteiger partial charge in [-0.25, -0.2) is 0 Å². The van der Waals surface area contributed by atoms with E-state index in [1.807, 2.05) is 12.1 Å². The molecular formula is C23H27ClN4O. The summed E-state index contributed by atoms with van der Waals surface area (Å²) in [5, 5.41) is 5.58. The molecule has 1 aliphatic rings. The minimum atomic E-state index is -0.0959. The minimum absolute atomic E-state index is 0. The third-order valence-electron chi connectivity index (χ3n) is 5.31. The Morgan fingerprint density at radius 1 is 0.931 bits per heavy atom.